The average molecular weight is 377 g/mol. The van der Waals surface area contributed by atoms with Gasteiger partial charge < -0.3 is 10.1 Å². The van der Waals surface area contributed by atoms with Gasteiger partial charge in [-0.25, -0.2) is 4.79 Å². The molecule has 0 saturated carbocycles. The zero-order chi connectivity index (χ0) is 13.5. The first kappa shape index (κ1) is 14.9. The van der Waals surface area contributed by atoms with Gasteiger partial charge in [-0.1, -0.05) is 34.1 Å². The van der Waals surface area contributed by atoms with Crippen LogP contribution in [-0.4, -0.2) is 19.0 Å². The fourth-order valence-corrected chi connectivity index (χ4v) is 2.62. The molecular formula is C12H11Br2NO3. The highest BCUT2D eigenvalue weighted by Gasteiger charge is 2.17. The lowest BCUT2D eigenvalue weighted by molar-refractivity contribution is -0.139. The van der Waals surface area contributed by atoms with Gasteiger partial charge >= 0.3 is 5.97 Å². The molecule has 0 aromatic heterocycles. The minimum absolute atomic E-state index is 0.0683. The minimum atomic E-state index is -0.591. The molecule has 0 heterocycles. The van der Waals surface area contributed by atoms with Crippen LogP contribution in [0.3, 0.4) is 0 Å². The number of carbonyl (C=O) groups is 2. The van der Waals surface area contributed by atoms with Crippen molar-refractivity contribution in [1.82, 2.24) is 5.32 Å². The van der Waals surface area contributed by atoms with E-state index >= 15 is 0 Å². The fourth-order valence-electron chi connectivity index (χ4n) is 1.25. The number of amides is 1. The van der Waals surface area contributed by atoms with Crippen molar-refractivity contribution in [3.05, 3.63) is 40.0 Å². The predicted octanol–water partition coefficient (Wildman–Crippen LogP) is 2.82. The molecule has 0 aliphatic heterocycles. The molecule has 0 spiro atoms. The Labute approximate surface area is 122 Å². The standard InChI is InChI=1S/C12H11Br2NO3/c1-2-18-12(17)11(15-7-16)10(14)8-5-3-4-6-9(8)13/h3-7H,2H2,1H3,(H,15,16). The molecule has 1 rings (SSSR count). The molecule has 1 N–H and O–H groups in total. The molecule has 0 aliphatic rings. The summed E-state index contributed by atoms with van der Waals surface area (Å²) in [5.74, 6) is -0.591. The van der Waals surface area contributed by atoms with Gasteiger partial charge in [0.15, 0.2) is 0 Å². The molecule has 96 valence electrons. The zero-order valence-corrected chi connectivity index (χ0v) is 12.7. The molecule has 0 unspecified atom stereocenters. The van der Waals surface area contributed by atoms with Crippen molar-refractivity contribution in [2.75, 3.05) is 6.61 Å². The summed E-state index contributed by atoms with van der Waals surface area (Å²) in [5, 5.41) is 2.35. The number of hydrogen-bond donors (Lipinski definition) is 1. The molecule has 1 aromatic carbocycles. The van der Waals surface area contributed by atoms with Crippen LogP contribution in [-0.2, 0) is 14.3 Å². The van der Waals surface area contributed by atoms with E-state index in [1.165, 1.54) is 0 Å². The summed E-state index contributed by atoms with van der Waals surface area (Å²) in [6, 6.07) is 7.32. The Morgan fingerprint density at radius 1 is 1.44 bits per heavy atom. The van der Waals surface area contributed by atoms with Crippen molar-refractivity contribution >= 4 is 48.7 Å². The van der Waals surface area contributed by atoms with Gasteiger partial charge in [-0.15, -0.1) is 0 Å². The quantitative estimate of drug-likeness (QED) is 0.488. The van der Waals surface area contributed by atoms with E-state index in [-0.39, 0.29) is 12.3 Å². The largest absolute Gasteiger partial charge is 0.461 e. The lowest BCUT2D eigenvalue weighted by atomic mass is 10.2. The summed E-state index contributed by atoms with van der Waals surface area (Å²) in [6.45, 7) is 1.93. The molecule has 0 fully saturated rings. The molecule has 4 nitrogen and oxygen atoms in total. The molecular weight excluding hydrogens is 366 g/mol. The van der Waals surface area contributed by atoms with E-state index in [1.807, 2.05) is 18.2 Å². The fraction of sp³-hybridized carbons (Fsp3) is 0.167. The first-order valence-electron chi connectivity index (χ1n) is 5.13. The molecule has 0 radical (unpaired) electrons. The van der Waals surface area contributed by atoms with E-state index in [2.05, 4.69) is 37.2 Å². The molecule has 0 bridgehead atoms. The minimum Gasteiger partial charge on any atom is -0.461 e. The summed E-state index contributed by atoms with van der Waals surface area (Å²) in [7, 11) is 0. The SMILES string of the molecule is CCOC(=O)C(NC=O)=C(Br)c1ccccc1Br. The van der Waals surface area contributed by atoms with Crippen molar-refractivity contribution in [1.29, 1.82) is 0 Å². The Kier molecular flexibility index (Phi) is 6.07. The molecule has 18 heavy (non-hydrogen) atoms. The summed E-state index contributed by atoms with van der Waals surface area (Å²) >= 11 is 6.67. The number of benzene rings is 1. The second kappa shape index (κ2) is 7.33. The number of esters is 1. The molecule has 6 heteroatoms. The van der Waals surface area contributed by atoms with Crippen molar-refractivity contribution in [3.8, 4) is 0 Å². The summed E-state index contributed by atoms with van der Waals surface area (Å²) < 4.78 is 6.13. The molecule has 1 aromatic rings. The third kappa shape index (κ3) is 3.68. The molecule has 0 saturated heterocycles. The second-order valence-electron chi connectivity index (χ2n) is 3.15. The monoisotopic (exact) mass is 375 g/mol. The van der Waals surface area contributed by atoms with Crippen molar-refractivity contribution in [2.45, 2.75) is 6.92 Å². The molecule has 0 aliphatic carbocycles. The normalized spacial score (nSPS) is 11.5. The maximum absolute atomic E-state index is 11.7. The summed E-state index contributed by atoms with van der Waals surface area (Å²) in [4.78, 5) is 22.3. The number of halogens is 2. The second-order valence-corrected chi connectivity index (χ2v) is 4.80. The van der Waals surface area contributed by atoms with Crippen LogP contribution in [0.4, 0.5) is 0 Å². The lowest BCUT2D eigenvalue weighted by Gasteiger charge is -2.10. The maximum atomic E-state index is 11.7. The Balaban J connectivity index is 3.23. The third-order valence-corrected chi connectivity index (χ3v) is 3.53. The lowest BCUT2D eigenvalue weighted by Crippen LogP contribution is -2.22. The zero-order valence-electron chi connectivity index (χ0n) is 9.57. The highest BCUT2D eigenvalue weighted by atomic mass is 79.9. The van der Waals surface area contributed by atoms with E-state index < -0.39 is 5.97 Å². The van der Waals surface area contributed by atoms with Gasteiger partial charge in [-0.2, -0.15) is 0 Å². The number of nitrogens with one attached hydrogen (secondary N) is 1. The van der Waals surface area contributed by atoms with Crippen LogP contribution < -0.4 is 5.32 Å². The first-order chi connectivity index (χ1) is 8.61. The van der Waals surface area contributed by atoms with Gasteiger partial charge in [0, 0.05) is 10.0 Å². The maximum Gasteiger partial charge on any atom is 0.356 e. The number of hydrogen-bond acceptors (Lipinski definition) is 3. The highest BCUT2D eigenvalue weighted by Crippen LogP contribution is 2.30. The van der Waals surface area contributed by atoms with E-state index in [0.29, 0.717) is 10.9 Å². The van der Waals surface area contributed by atoms with Gasteiger partial charge in [0.1, 0.15) is 5.70 Å². The van der Waals surface area contributed by atoms with Crippen molar-refractivity contribution in [3.63, 3.8) is 0 Å². The van der Waals surface area contributed by atoms with E-state index in [9.17, 15) is 9.59 Å². The van der Waals surface area contributed by atoms with Crippen LogP contribution in [0.5, 0.6) is 0 Å². The Bertz CT molecular complexity index is 486. The number of rotatable bonds is 5. The van der Waals surface area contributed by atoms with Crippen LogP contribution in [0, 0.1) is 0 Å². The first-order valence-corrected chi connectivity index (χ1v) is 6.72. The predicted molar refractivity (Wildman–Crippen MR) is 75.8 cm³/mol. The average Bonchev–Trinajstić information content (AvgIpc) is 2.36. The molecule has 1 amide bonds. The van der Waals surface area contributed by atoms with Gasteiger partial charge in [0.2, 0.25) is 6.41 Å². The summed E-state index contributed by atoms with van der Waals surface area (Å²) in [5.41, 5.74) is 0.814. The van der Waals surface area contributed by atoms with E-state index in [4.69, 9.17) is 4.74 Å². The van der Waals surface area contributed by atoms with Gasteiger partial charge in [0.25, 0.3) is 0 Å². The molecule has 0 atom stereocenters. The van der Waals surface area contributed by atoms with Gasteiger partial charge in [-0.3, -0.25) is 4.79 Å². The Morgan fingerprint density at radius 3 is 2.67 bits per heavy atom. The van der Waals surface area contributed by atoms with Crippen molar-refractivity contribution < 1.29 is 14.3 Å². The van der Waals surface area contributed by atoms with Crippen LogP contribution in [0.1, 0.15) is 12.5 Å². The third-order valence-electron chi connectivity index (χ3n) is 2.01. The van der Waals surface area contributed by atoms with Crippen molar-refractivity contribution in [2.24, 2.45) is 0 Å². The van der Waals surface area contributed by atoms with E-state index in [0.717, 1.165) is 10.0 Å². The van der Waals surface area contributed by atoms with Gasteiger partial charge in [-0.05, 0) is 28.9 Å². The van der Waals surface area contributed by atoms with Gasteiger partial charge in [0.05, 0.1) is 11.1 Å². The highest BCUT2D eigenvalue weighted by molar-refractivity contribution is 9.15. The van der Waals surface area contributed by atoms with Crippen LogP contribution >= 0.6 is 31.9 Å². The Hall–Kier alpha value is -1.14. The van der Waals surface area contributed by atoms with Crippen LogP contribution in [0.25, 0.3) is 4.48 Å². The van der Waals surface area contributed by atoms with Crippen LogP contribution in [0.15, 0.2) is 34.4 Å². The smallest absolute Gasteiger partial charge is 0.356 e. The van der Waals surface area contributed by atoms with E-state index in [1.54, 1.807) is 13.0 Å². The number of ether oxygens (including phenoxy) is 1. The topological polar surface area (TPSA) is 55.4 Å². The Morgan fingerprint density at radius 2 is 2.11 bits per heavy atom. The number of carbonyl (C=O) groups excluding carboxylic acids is 2. The summed E-state index contributed by atoms with van der Waals surface area (Å²) in [6.07, 6.45) is 0.435. The van der Waals surface area contributed by atoms with Crippen LogP contribution in [0.2, 0.25) is 0 Å².